The highest BCUT2D eigenvalue weighted by molar-refractivity contribution is 5.76. The topological polar surface area (TPSA) is 125 Å². The summed E-state index contributed by atoms with van der Waals surface area (Å²) in [6.07, 6.45) is -0.926. The van der Waals surface area contributed by atoms with Gasteiger partial charge in [0.1, 0.15) is 0 Å². The summed E-state index contributed by atoms with van der Waals surface area (Å²) in [7, 11) is 0. The molecular weight excluding hydrogens is 190 g/mol. The van der Waals surface area contributed by atoms with Crippen LogP contribution < -0.4 is 16.4 Å². The first-order valence-corrected chi connectivity index (χ1v) is 4.20. The van der Waals surface area contributed by atoms with Gasteiger partial charge < -0.3 is 26.6 Å². The SMILES string of the molecule is NCCCNC(=O)NC[C@H](O)C(=O)O. The Balaban J connectivity index is 3.48. The highest BCUT2D eigenvalue weighted by Gasteiger charge is 2.13. The number of urea groups is 1. The monoisotopic (exact) mass is 205 g/mol. The molecule has 0 unspecified atom stereocenters. The third-order valence-electron chi connectivity index (χ3n) is 1.41. The molecule has 7 heteroatoms. The Morgan fingerprint density at radius 2 is 2.00 bits per heavy atom. The summed E-state index contributed by atoms with van der Waals surface area (Å²) in [5.41, 5.74) is 5.19. The Bertz CT molecular complexity index is 197. The highest BCUT2D eigenvalue weighted by atomic mass is 16.4. The molecule has 0 saturated heterocycles. The van der Waals surface area contributed by atoms with Gasteiger partial charge in [0.25, 0.3) is 0 Å². The number of aliphatic carboxylic acids is 1. The highest BCUT2D eigenvalue weighted by Crippen LogP contribution is 1.79. The third kappa shape index (κ3) is 6.21. The molecule has 0 saturated carbocycles. The van der Waals surface area contributed by atoms with E-state index in [0.717, 1.165) is 0 Å². The molecule has 0 aliphatic heterocycles. The number of carboxylic acid groups (broad SMARTS) is 1. The molecule has 0 fully saturated rings. The second-order valence-electron chi connectivity index (χ2n) is 2.63. The van der Waals surface area contributed by atoms with E-state index in [0.29, 0.717) is 19.5 Å². The molecule has 0 radical (unpaired) electrons. The van der Waals surface area contributed by atoms with E-state index in [2.05, 4.69) is 10.6 Å². The number of carbonyl (C=O) groups excluding carboxylic acids is 1. The first-order chi connectivity index (χ1) is 6.57. The van der Waals surface area contributed by atoms with Crippen molar-refractivity contribution < 1.29 is 19.8 Å². The van der Waals surface area contributed by atoms with Crippen molar-refractivity contribution in [2.45, 2.75) is 12.5 Å². The molecule has 1 atom stereocenters. The number of hydrogen-bond acceptors (Lipinski definition) is 4. The van der Waals surface area contributed by atoms with E-state index in [9.17, 15) is 9.59 Å². The molecule has 0 aromatic rings. The van der Waals surface area contributed by atoms with Gasteiger partial charge in [0.2, 0.25) is 0 Å². The van der Waals surface area contributed by atoms with Gasteiger partial charge >= 0.3 is 12.0 Å². The molecule has 14 heavy (non-hydrogen) atoms. The normalized spacial score (nSPS) is 11.9. The van der Waals surface area contributed by atoms with Gasteiger partial charge in [-0.2, -0.15) is 0 Å². The quantitative estimate of drug-likeness (QED) is 0.323. The van der Waals surface area contributed by atoms with Gasteiger partial charge in [-0.15, -0.1) is 0 Å². The molecule has 2 amide bonds. The number of carboxylic acids is 1. The fourth-order valence-corrected chi connectivity index (χ4v) is 0.643. The van der Waals surface area contributed by atoms with Crippen LogP contribution in [0.15, 0.2) is 0 Å². The molecule has 0 aliphatic carbocycles. The smallest absolute Gasteiger partial charge is 0.334 e. The summed E-state index contributed by atoms with van der Waals surface area (Å²) in [5, 5.41) is 21.7. The summed E-state index contributed by atoms with van der Waals surface area (Å²) in [5.74, 6) is -1.37. The fourth-order valence-electron chi connectivity index (χ4n) is 0.643. The van der Waals surface area contributed by atoms with Crippen molar-refractivity contribution >= 4 is 12.0 Å². The lowest BCUT2D eigenvalue weighted by Gasteiger charge is -2.08. The predicted molar refractivity (Wildman–Crippen MR) is 48.7 cm³/mol. The number of aliphatic hydroxyl groups excluding tert-OH is 1. The van der Waals surface area contributed by atoms with E-state index >= 15 is 0 Å². The van der Waals surface area contributed by atoms with Crippen LogP contribution in [0.1, 0.15) is 6.42 Å². The molecule has 0 heterocycles. The Morgan fingerprint density at radius 3 is 2.50 bits per heavy atom. The largest absolute Gasteiger partial charge is 0.479 e. The van der Waals surface area contributed by atoms with E-state index in [4.69, 9.17) is 15.9 Å². The van der Waals surface area contributed by atoms with Crippen LogP contribution in [0, 0.1) is 0 Å². The lowest BCUT2D eigenvalue weighted by Crippen LogP contribution is -2.42. The molecule has 0 aromatic carbocycles. The van der Waals surface area contributed by atoms with Crippen molar-refractivity contribution in [3.8, 4) is 0 Å². The second kappa shape index (κ2) is 7.10. The summed E-state index contributed by atoms with van der Waals surface area (Å²) in [4.78, 5) is 21.0. The van der Waals surface area contributed by atoms with Crippen LogP contribution in [0.25, 0.3) is 0 Å². The van der Waals surface area contributed by atoms with Crippen molar-refractivity contribution in [3.63, 3.8) is 0 Å². The molecule has 0 bridgehead atoms. The molecule has 0 spiro atoms. The zero-order valence-electron chi connectivity index (χ0n) is 7.69. The van der Waals surface area contributed by atoms with E-state index in [1.165, 1.54) is 0 Å². The van der Waals surface area contributed by atoms with Gasteiger partial charge in [-0.05, 0) is 13.0 Å². The van der Waals surface area contributed by atoms with Crippen molar-refractivity contribution in [2.75, 3.05) is 19.6 Å². The van der Waals surface area contributed by atoms with Crippen LogP contribution in [0.2, 0.25) is 0 Å². The molecule has 6 N–H and O–H groups in total. The minimum Gasteiger partial charge on any atom is -0.479 e. The Morgan fingerprint density at radius 1 is 1.36 bits per heavy atom. The number of aliphatic hydroxyl groups is 1. The molecule has 7 nitrogen and oxygen atoms in total. The van der Waals surface area contributed by atoms with E-state index in [1.54, 1.807) is 0 Å². The Labute approximate surface area is 81.3 Å². The maximum atomic E-state index is 10.9. The van der Waals surface area contributed by atoms with Crippen LogP contribution in [0.4, 0.5) is 4.79 Å². The number of nitrogens with two attached hydrogens (primary N) is 1. The van der Waals surface area contributed by atoms with Crippen LogP contribution in [0.3, 0.4) is 0 Å². The Kier molecular flexibility index (Phi) is 6.42. The second-order valence-corrected chi connectivity index (χ2v) is 2.63. The average molecular weight is 205 g/mol. The van der Waals surface area contributed by atoms with Crippen LogP contribution >= 0.6 is 0 Å². The van der Waals surface area contributed by atoms with Crippen molar-refractivity contribution in [1.29, 1.82) is 0 Å². The minimum absolute atomic E-state index is 0.316. The van der Waals surface area contributed by atoms with Gasteiger partial charge in [-0.25, -0.2) is 9.59 Å². The number of carbonyl (C=O) groups is 2. The number of hydrogen-bond donors (Lipinski definition) is 5. The number of amides is 2. The van der Waals surface area contributed by atoms with E-state index in [-0.39, 0.29) is 6.54 Å². The average Bonchev–Trinajstić information content (AvgIpc) is 2.14. The van der Waals surface area contributed by atoms with Gasteiger partial charge in [0, 0.05) is 6.54 Å². The first kappa shape index (κ1) is 12.7. The van der Waals surface area contributed by atoms with E-state index < -0.39 is 18.1 Å². The molecule has 0 rings (SSSR count). The standard InChI is InChI=1S/C7H15N3O4/c8-2-1-3-9-7(14)10-4-5(11)6(12)13/h5,11H,1-4,8H2,(H,12,13)(H2,9,10,14)/t5-/m0/s1. The molecule has 82 valence electrons. The van der Waals surface area contributed by atoms with Gasteiger partial charge in [-0.3, -0.25) is 0 Å². The lowest BCUT2D eigenvalue weighted by atomic mass is 10.3. The number of nitrogens with one attached hydrogen (secondary N) is 2. The summed E-state index contributed by atoms with van der Waals surface area (Å²) in [6, 6.07) is -0.515. The zero-order valence-corrected chi connectivity index (χ0v) is 7.69. The lowest BCUT2D eigenvalue weighted by molar-refractivity contribution is -0.146. The van der Waals surface area contributed by atoms with E-state index in [1.807, 2.05) is 0 Å². The first-order valence-electron chi connectivity index (χ1n) is 4.20. The van der Waals surface area contributed by atoms with Gasteiger partial charge in [0.05, 0.1) is 6.54 Å². The summed E-state index contributed by atoms with van der Waals surface area (Å²) >= 11 is 0. The fraction of sp³-hybridized carbons (Fsp3) is 0.714. The maximum Gasteiger partial charge on any atom is 0.334 e. The molecular formula is C7H15N3O4. The maximum absolute atomic E-state index is 10.9. The van der Waals surface area contributed by atoms with Crippen molar-refractivity contribution in [3.05, 3.63) is 0 Å². The van der Waals surface area contributed by atoms with Crippen LogP contribution in [-0.2, 0) is 4.79 Å². The van der Waals surface area contributed by atoms with Crippen molar-refractivity contribution in [1.82, 2.24) is 10.6 Å². The third-order valence-corrected chi connectivity index (χ3v) is 1.41. The zero-order chi connectivity index (χ0) is 11.0. The number of rotatable bonds is 6. The van der Waals surface area contributed by atoms with Gasteiger partial charge in [-0.1, -0.05) is 0 Å². The van der Waals surface area contributed by atoms with Crippen LogP contribution in [0.5, 0.6) is 0 Å². The predicted octanol–water partition coefficient (Wildman–Crippen LogP) is -1.92. The minimum atomic E-state index is -1.57. The van der Waals surface area contributed by atoms with Gasteiger partial charge in [0.15, 0.2) is 6.10 Å². The summed E-state index contributed by atoms with van der Waals surface area (Å²) in [6.45, 7) is 0.577. The molecule has 0 aliphatic rings. The Hall–Kier alpha value is -1.34. The van der Waals surface area contributed by atoms with Crippen LogP contribution in [-0.4, -0.2) is 48.0 Å². The van der Waals surface area contributed by atoms with Crippen molar-refractivity contribution in [2.24, 2.45) is 5.73 Å². The molecule has 0 aromatic heterocycles. The summed E-state index contributed by atoms with van der Waals surface area (Å²) < 4.78 is 0.